The van der Waals surface area contributed by atoms with E-state index in [4.69, 9.17) is 0 Å². The summed E-state index contributed by atoms with van der Waals surface area (Å²) in [7, 11) is -3.66. The number of nitrogens with one attached hydrogen (secondary N) is 1. The first-order valence-electron chi connectivity index (χ1n) is 7.10. The van der Waals surface area contributed by atoms with Crippen molar-refractivity contribution in [2.75, 3.05) is 10.5 Å². The quantitative estimate of drug-likeness (QED) is 0.547. The van der Waals surface area contributed by atoms with E-state index in [1.165, 1.54) is 35.8 Å². The molecule has 0 unspecified atom stereocenters. The molecule has 25 heavy (non-hydrogen) atoms. The monoisotopic (exact) mass is 365 g/mol. The van der Waals surface area contributed by atoms with E-state index in [0.29, 0.717) is 11.3 Å². The van der Waals surface area contributed by atoms with E-state index in [-0.39, 0.29) is 22.8 Å². The second-order valence-corrected chi connectivity index (χ2v) is 7.06. The molecule has 0 saturated heterocycles. The summed E-state index contributed by atoms with van der Waals surface area (Å²) in [6.45, 7) is 1.43. The molecule has 2 aromatic heterocycles. The van der Waals surface area contributed by atoms with Gasteiger partial charge in [0.1, 0.15) is 12.0 Å². The van der Waals surface area contributed by atoms with Crippen molar-refractivity contribution >= 4 is 27.0 Å². The topological polar surface area (TPSA) is 120 Å². The molecule has 0 radical (unpaired) electrons. The van der Waals surface area contributed by atoms with E-state index < -0.39 is 20.8 Å². The maximum atomic E-state index is 13.9. The van der Waals surface area contributed by atoms with Crippen LogP contribution in [0.5, 0.6) is 0 Å². The number of anilines is 1. The van der Waals surface area contributed by atoms with Gasteiger partial charge in [-0.2, -0.15) is 5.10 Å². The summed E-state index contributed by atoms with van der Waals surface area (Å²) in [4.78, 5) is 14.3. The average molecular weight is 365 g/mol. The van der Waals surface area contributed by atoms with Crippen molar-refractivity contribution in [3.8, 4) is 11.3 Å². The molecule has 3 rings (SSSR count). The van der Waals surface area contributed by atoms with Gasteiger partial charge >= 0.3 is 5.69 Å². The molecule has 1 N–H and O–H groups in total. The van der Waals surface area contributed by atoms with Crippen molar-refractivity contribution in [2.45, 2.75) is 6.92 Å². The predicted molar refractivity (Wildman–Crippen MR) is 88.1 cm³/mol. The van der Waals surface area contributed by atoms with Crippen LogP contribution in [0.3, 0.4) is 0 Å². The second kappa shape index (κ2) is 6.09. The first-order valence-corrected chi connectivity index (χ1v) is 8.75. The highest BCUT2D eigenvalue weighted by atomic mass is 32.2. The van der Waals surface area contributed by atoms with Crippen molar-refractivity contribution in [1.29, 1.82) is 0 Å². The lowest BCUT2D eigenvalue weighted by Crippen LogP contribution is -2.15. The van der Waals surface area contributed by atoms with Crippen LogP contribution in [0.25, 0.3) is 16.9 Å². The molecule has 9 nitrogen and oxygen atoms in total. The van der Waals surface area contributed by atoms with Crippen LogP contribution in [0.15, 0.2) is 36.7 Å². The SMILES string of the molecule is CCS(=O)(=O)Nc1cc(-c2ccnc3c([N+](=O)[O-])cnn23)ccc1F. The Labute approximate surface area is 141 Å². The molecule has 0 aliphatic carbocycles. The Morgan fingerprint density at radius 2 is 2.12 bits per heavy atom. The number of nitro groups is 1. The van der Waals surface area contributed by atoms with Gasteiger partial charge in [-0.25, -0.2) is 22.3 Å². The minimum Gasteiger partial charge on any atom is -0.281 e. The third kappa shape index (κ3) is 3.13. The van der Waals surface area contributed by atoms with Gasteiger partial charge in [-0.15, -0.1) is 0 Å². The Balaban J connectivity index is 2.14. The molecule has 3 aromatic rings. The molecular weight excluding hydrogens is 353 g/mol. The zero-order valence-electron chi connectivity index (χ0n) is 12.9. The lowest BCUT2D eigenvalue weighted by Gasteiger charge is -2.10. The Morgan fingerprint density at radius 3 is 2.80 bits per heavy atom. The number of halogens is 1. The molecule has 0 spiro atoms. The van der Waals surface area contributed by atoms with Crippen molar-refractivity contribution < 1.29 is 17.7 Å². The highest BCUT2D eigenvalue weighted by Gasteiger charge is 2.19. The Hall–Kier alpha value is -3.08. The first-order chi connectivity index (χ1) is 11.8. The Morgan fingerprint density at radius 1 is 1.36 bits per heavy atom. The molecule has 0 aliphatic heterocycles. The summed E-state index contributed by atoms with van der Waals surface area (Å²) in [6.07, 6.45) is 2.43. The summed E-state index contributed by atoms with van der Waals surface area (Å²) in [6, 6.07) is 5.36. The van der Waals surface area contributed by atoms with Gasteiger partial charge in [-0.1, -0.05) is 0 Å². The van der Waals surface area contributed by atoms with Gasteiger partial charge in [0.2, 0.25) is 15.7 Å². The Kier molecular flexibility index (Phi) is 4.08. The van der Waals surface area contributed by atoms with Gasteiger partial charge in [0.15, 0.2) is 0 Å². The molecule has 0 saturated carbocycles. The highest BCUT2D eigenvalue weighted by molar-refractivity contribution is 7.92. The van der Waals surface area contributed by atoms with E-state index in [0.717, 1.165) is 12.3 Å². The van der Waals surface area contributed by atoms with Crippen LogP contribution in [-0.2, 0) is 10.0 Å². The third-order valence-electron chi connectivity index (χ3n) is 3.49. The summed E-state index contributed by atoms with van der Waals surface area (Å²) in [5.41, 5.74) is 0.361. The maximum absolute atomic E-state index is 13.9. The minimum atomic E-state index is -3.66. The van der Waals surface area contributed by atoms with Gasteiger partial charge in [0.25, 0.3) is 0 Å². The van der Waals surface area contributed by atoms with Crippen LogP contribution in [0, 0.1) is 15.9 Å². The minimum absolute atomic E-state index is 0.0301. The standard InChI is InChI=1S/C14H12FN5O4S/c1-2-25(23,24)18-11-7-9(3-4-10(11)15)12-5-6-16-14-13(20(21)22)8-17-19(12)14/h3-8,18H,2H2,1H3. The average Bonchev–Trinajstić information content (AvgIpc) is 3.01. The largest absolute Gasteiger partial charge is 0.333 e. The summed E-state index contributed by atoms with van der Waals surface area (Å²) >= 11 is 0. The van der Waals surface area contributed by atoms with Gasteiger partial charge < -0.3 is 0 Å². The fourth-order valence-electron chi connectivity index (χ4n) is 2.23. The highest BCUT2D eigenvalue weighted by Crippen LogP contribution is 2.27. The normalized spacial score (nSPS) is 11.6. The van der Waals surface area contributed by atoms with E-state index in [1.54, 1.807) is 0 Å². The lowest BCUT2D eigenvalue weighted by molar-refractivity contribution is -0.383. The van der Waals surface area contributed by atoms with Gasteiger partial charge in [-0.05, 0) is 31.2 Å². The number of hydrogen-bond acceptors (Lipinski definition) is 6. The number of benzene rings is 1. The molecule has 1 aromatic carbocycles. The predicted octanol–water partition coefficient (Wildman–Crippen LogP) is 2.21. The number of fused-ring (bicyclic) bond motifs is 1. The molecule has 0 bridgehead atoms. The van der Waals surface area contributed by atoms with E-state index in [1.807, 2.05) is 0 Å². The van der Waals surface area contributed by atoms with E-state index >= 15 is 0 Å². The van der Waals surface area contributed by atoms with Crippen LogP contribution < -0.4 is 4.72 Å². The number of aromatic nitrogens is 3. The Bertz CT molecular complexity index is 1080. The molecule has 11 heteroatoms. The molecule has 0 amide bonds. The third-order valence-corrected chi connectivity index (χ3v) is 4.78. The van der Waals surface area contributed by atoms with Crippen LogP contribution in [0.4, 0.5) is 15.8 Å². The zero-order chi connectivity index (χ0) is 18.2. The van der Waals surface area contributed by atoms with Gasteiger partial charge in [-0.3, -0.25) is 14.8 Å². The number of rotatable bonds is 5. The molecule has 0 aliphatic rings. The summed E-state index contributed by atoms with van der Waals surface area (Å²) in [5, 5.41) is 14.9. The first kappa shape index (κ1) is 16.8. The van der Waals surface area contributed by atoms with Crippen molar-refractivity contribution in [3.05, 3.63) is 52.6 Å². The molecule has 0 fully saturated rings. The number of nitrogens with zero attached hydrogens (tertiary/aromatic N) is 4. The van der Waals surface area contributed by atoms with Crippen LogP contribution in [0.1, 0.15) is 6.92 Å². The van der Waals surface area contributed by atoms with Gasteiger partial charge in [0.05, 0.1) is 22.1 Å². The maximum Gasteiger partial charge on any atom is 0.333 e. The fourth-order valence-corrected chi connectivity index (χ4v) is 2.87. The summed E-state index contributed by atoms with van der Waals surface area (Å²) in [5.74, 6) is -0.945. The molecular formula is C14H12FN5O4S. The molecule has 2 heterocycles. The van der Waals surface area contributed by atoms with Crippen molar-refractivity contribution in [3.63, 3.8) is 0 Å². The zero-order valence-corrected chi connectivity index (χ0v) is 13.7. The van der Waals surface area contributed by atoms with Gasteiger partial charge in [0, 0.05) is 11.8 Å². The van der Waals surface area contributed by atoms with Crippen LogP contribution in [0.2, 0.25) is 0 Å². The van der Waals surface area contributed by atoms with Crippen LogP contribution >= 0.6 is 0 Å². The second-order valence-electron chi connectivity index (χ2n) is 5.05. The molecule has 0 atom stereocenters. The lowest BCUT2D eigenvalue weighted by atomic mass is 10.1. The van der Waals surface area contributed by atoms with Crippen molar-refractivity contribution in [2.24, 2.45) is 0 Å². The molecule has 130 valence electrons. The number of hydrogen-bond donors (Lipinski definition) is 1. The number of sulfonamides is 1. The van der Waals surface area contributed by atoms with Crippen molar-refractivity contribution in [1.82, 2.24) is 14.6 Å². The van der Waals surface area contributed by atoms with E-state index in [2.05, 4.69) is 14.8 Å². The fraction of sp³-hybridized carbons (Fsp3) is 0.143. The smallest absolute Gasteiger partial charge is 0.281 e. The summed E-state index contributed by atoms with van der Waals surface area (Å²) < 4.78 is 40.7. The van der Waals surface area contributed by atoms with E-state index in [9.17, 15) is 22.9 Å². The van der Waals surface area contributed by atoms with Crippen LogP contribution in [-0.4, -0.2) is 33.7 Å².